The van der Waals surface area contributed by atoms with Crippen LogP contribution < -0.4 is 10.3 Å². The maximum Gasteiger partial charge on any atom is 0.266 e. The fraction of sp³-hybridized carbons (Fsp3) is 0.222. The molecule has 1 atom stereocenters. The van der Waals surface area contributed by atoms with Gasteiger partial charge in [0.2, 0.25) is 0 Å². The third kappa shape index (κ3) is 4.64. The molecule has 0 bridgehead atoms. The highest BCUT2D eigenvalue weighted by atomic mass is 35.5. The van der Waals surface area contributed by atoms with Gasteiger partial charge in [-0.2, -0.15) is 0 Å². The second-order valence-corrected chi connectivity index (χ2v) is 8.76. The minimum atomic E-state index is -0.496. The van der Waals surface area contributed by atoms with Crippen LogP contribution >= 0.6 is 23.2 Å². The van der Waals surface area contributed by atoms with Crippen LogP contribution in [0.15, 0.2) is 71.5 Å². The van der Waals surface area contributed by atoms with Gasteiger partial charge in [-0.05, 0) is 55.8 Å². The fourth-order valence-corrected chi connectivity index (χ4v) is 4.56. The molecule has 35 heavy (non-hydrogen) atoms. The molecule has 0 radical (unpaired) electrons. The predicted molar refractivity (Wildman–Crippen MR) is 140 cm³/mol. The Balaban J connectivity index is 1.96. The average Bonchev–Trinajstić information content (AvgIpc) is 2.88. The number of amides is 1. The summed E-state index contributed by atoms with van der Waals surface area (Å²) in [6, 6.07) is 18.8. The molecule has 0 saturated heterocycles. The first-order chi connectivity index (χ1) is 16.9. The zero-order chi connectivity index (χ0) is 25.1. The number of hydrogen-bond acceptors (Lipinski definition) is 4. The highest BCUT2D eigenvalue weighted by Crippen LogP contribution is 2.31. The summed E-state index contributed by atoms with van der Waals surface area (Å²) in [5.74, 6) is 0.754. The van der Waals surface area contributed by atoms with Gasteiger partial charge < -0.3 is 9.64 Å². The molecule has 1 amide bonds. The van der Waals surface area contributed by atoms with E-state index in [1.807, 2.05) is 38.1 Å². The van der Waals surface area contributed by atoms with Crippen LogP contribution in [0.25, 0.3) is 16.6 Å². The molecule has 6 nitrogen and oxygen atoms in total. The molecular weight excluding hydrogens is 485 g/mol. The van der Waals surface area contributed by atoms with Gasteiger partial charge in [-0.3, -0.25) is 14.2 Å². The van der Waals surface area contributed by atoms with E-state index in [0.29, 0.717) is 56.7 Å². The van der Waals surface area contributed by atoms with Crippen molar-refractivity contribution in [2.45, 2.75) is 26.3 Å². The number of fused-ring (bicyclic) bond motifs is 1. The number of nitrogens with zero attached hydrogens (tertiary/aromatic N) is 3. The number of rotatable bonds is 7. The SMILES string of the molecule is CCC(c1nc2ccccc2c(=O)n1-c1ccccc1OC)N(CC)C(=O)c1ccc(Cl)c(Cl)c1. The molecule has 0 aliphatic carbocycles. The predicted octanol–water partition coefficient (Wildman–Crippen LogP) is 6.31. The van der Waals surface area contributed by atoms with Crippen molar-refractivity contribution in [3.8, 4) is 11.4 Å². The van der Waals surface area contributed by atoms with Crippen molar-refractivity contribution in [3.05, 3.63) is 98.5 Å². The number of benzene rings is 3. The maximum atomic E-state index is 13.8. The minimum Gasteiger partial charge on any atom is -0.495 e. The van der Waals surface area contributed by atoms with Crippen LogP contribution in [0.3, 0.4) is 0 Å². The number of halogens is 2. The Kier molecular flexibility index (Phi) is 7.43. The van der Waals surface area contributed by atoms with Crippen molar-refractivity contribution < 1.29 is 9.53 Å². The summed E-state index contributed by atoms with van der Waals surface area (Å²) in [7, 11) is 1.56. The van der Waals surface area contributed by atoms with Gasteiger partial charge >= 0.3 is 0 Å². The topological polar surface area (TPSA) is 64.4 Å². The molecule has 4 aromatic rings. The Morgan fingerprint density at radius 2 is 1.74 bits per heavy atom. The summed E-state index contributed by atoms with van der Waals surface area (Å²) in [6.45, 7) is 4.25. The molecule has 3 aromatic carbocycles. The van der Waals surface area contributed by atoms with Crippen molar-refractivity contribution in [1.82, 2.24) is 14.5 Å². The van der Waals surface area contributed by atoms with E-state index in [-0.39, 0.29) is 11.5 Å². The molecule has 1 heterocycles. The summed E-state index contributed by atoms with van der Waals surface area (Å²) in [6.07, 6.45) is 0.529. The molecule has 1 aromatic heterocycles. The Morgan fingerprint density at radius 3 is 2.43 bits per heavy atom. The van der Waals surface area contributed by atoms with Crippen LogP contribution in [0.2, 0.25) is 10.0 Å². The smallest absolute Gasteiger partial charge is 0.266 e. The summed E-state index contributed by atoms with van der Waals surface area (Å²) >= 11 is 12.2. The molecule has 0 saturated carbocycles. The second-order valence-electron chi connectivity index (χ2n) is 7.94. The summed E-state index contributed by atoms with van der Waals surface area (Å²) in [4.78, 5) is 34.0. The molecule has 1 unspecified atom stereocenters. The second kappa shape index (κ2) is 10.5. The first-order valence-electron chi connectivity index (χ1n) is 11.3. The molecule has 4 rings (SSSR count). The van der Waals surface area contributed by atoms with Gasteiger partial charge in [-0.1, -0.05) is 54.4 Å². The van der Waals surface area contributed by atoms with Gasteiger partial charge in [-0.25, -0.2) is 4.98 Å². The Bertz CT molecular complexity index is 1450. The van der Waals surface area contributed by atoms with E-state index < -0.39 is 6.04 Å². The normalized spacial score (nSPS) is 11.9. The summed E-state index contributed by atoms with van der Waals surface area (Å²) in [5.41, 5.74) is 1.30. The van der Waals surface area contributed by atoms with Crippen molar-refractivity contribution in [2.75, 3.05) is 13.7 Å². The van der Waals surface area contributed by atoms with Crippen molar-refractivity contribution in [1.29, 1.82) is 0 Å². The minimum absolute atomic E-state index is 0.230. The lowest BCUT2D eigenvalue weighted by atomic mass is 10.1. The highest BCUT2D eigenvalue weighted by Gasteiger charge is 2.29. The number of methoxy groups -OCH3 is 1. The van der Waals surface area contributed by atoms with Crippen molar-refractivity contribution in [3.63, 3.8) is 0 Å². The first-order valence-corrected chi connectivity index (χ1v) is 12.1. The standard InChI is InChI=1S/C27H25Cl2N3O3/c1-4-22(31(5-2)26(33)17-14-15-19(28)20(29)16-17)25-30-21-11-7-6-10-18(21)27(34)32(25)23-12-8-9-13-24(23)35-3/h6-16,22H,4-5H2,1-3H3. The number of ether oxygens (including phenoxy) is 1. The lowest BCUT2D eigenvalue weighted by molar-refractivity contribution is 0.0672. The van der Waals surface area contributed by atoms with Gasteiger partial charge in [0.15, 0.2) is 0 Å². The van der Waals surface area contributed by atoms with Crippen LogP contribution in [0.1, 0.15) is 42.5 Å². The number of aromatic nitrogens is 2. The van der Waals surface area contributed by atoms with E-state index >= 15 is 0 Å². The maximum absolute atomic E-state index is 13.8. The monoisotopic (exact) mass is 509 g/mol. The lowest BCUT2D eigenvalue weighted by Gasteiger charge is -2.32. The number of hydrogen-bond donors (Lipinski definition) is 0. The van der Waals surface area contributed by atoms with Crippen LogP contribution in [-0.4, -0.2) is 34.0 Å². The van der Waals surface area contributed by atoms with E-state index in [2.05, 4.69) is 0 Å². The molecule has 8 heteroatoms. The number of carbonyl (C=O) groups excluding carboxylic acids is 1. The van der Waals surface area contributed by atoms with Crippen LogP contribution in [0, 0.1) is 0 Å². The third-order valence-electron chi connectivity index (χ3n) is 5.96. The lowest BCUT2D eigenvalue weighted by Crippen LogP contribution is -2.38. The largest absolute Gasteiger partial charge is 0.495 e. The molecule has 180 valence electrons. The number of para-hydroxylation sites is 3. The van der Waals surface area contributed by atoms with Gasteiger partial charge in [0, 0.05) is 12.1 Å². The van der Waals surface area contributed by atoms with E-state index in [1.54, 1.807) is 59.0 Å². The summed E-state index contributed by atoms with van der Waals surface area (Å²) < 4.78 is 7.12. The van der Waals surface area contributed by atoms with E-state index in [0.717, 1.165) is 0 Å². The van der Waals surface area contributed by atoms with Gasteiger partial charge in [0.25, 0.3) is 11.5 Å². The quantitative estimate of drug-likeness (QED) is 0.292. The summed E-state index contributed by atoms with van der Waals surface area (Å²) in [5, 5.41) is 1.16. The highest BCUT2D eigenvalue weighted by molar-refractivity contribution is 6.42. The zero-order valence-corrected chi connectivity index (χ0v) is 21.2. The van der Waals surface area contributed by atoms with E-state index in [4.69, 9.17) is 32.9 Å². The Morgan fingerprint density at radius 1 is 1.03 bits per heavy atom. The van der Waals surface area contributed by atoms with Crippen LogP contribution in [0.5, 0.6) is 5.75 Å². The van der Waals surface area contributed by atoms with Gasteiger partial charge in [0.1, 0.15) is 11.6 Å². The first kappa shape index (κ1) is 24.8. The molecular formula is C27H25Cl2N3O3. The van der Waals surface area contributed by atoms with E-state index in [9.17, 15) is 9.59 Å². The molecule has 0 spiro atoms. The fourth-order valence-electron chi connectivity index (χ4n) is 4.26. The Labute approximate surface area is 213 Å². The molecule has 0 fully saturated rings. The van der Waals surface area contributed by atoms with Crippen molar-refractivity contribution >= 4 is 40.0 Å². The molecule has 0 aliphatic heterocycles. The van der Waals surface area contributed by atoms with Gasteiger partial charge in [0.05, 0.1) is 39.8 Å². The third-order valence-corrected chi connectivity index (χ3v) is 6.70. The van der Waals surface area contributed by atoms with Gasteiger partial charge in [-0.15, -0.1) is 0 Å². The zero-order valence-electron chi connectivity index (χ0n) is 19.7. The Hall–Kier alpha value is -3.35. The van der Waals surface area contributed by atoms with Crippen LogP contribution in [-0.2, 0) is 0 Å². The van der Waals surface area contributed by atoms with Crippen molar-refractivity contribution in [2.24, 2.45) is 0 Å². The number of carbonyl (C=O) groups is 1. The van der Waals surface area contributed by atoms with Crippen LogP contribution in [0.4, 0.5) is 0 Å². The van der Waals surface area contributed by atoms with E-state index in [1.165, 1.54) is 0 Å². The average molecular weight is 510 g/mol. The molecule has 0 aliphatic rings. The molecule has 0 N–H and O–H groups in total.